The molecule has 0 saturated carbocycles. The summed E-state index contributed by atoms with van der Waals surface area (Å²) in [6, 6.07) is 17.1. The predicted molar refractivity (Wildman–Crippen MR) is 111 cm³/mol. The van der Waals surface area contributed by atoms with Gasteiger partial charge in [-0.05, 0) is 37.1 Å². The maximum Gasteiger partial charge on any atom is 0.255 e. The zero-order valence-corrected chi connectivity index (χ0v) is 15.9. The fraction of sp³-hybridized carbons (Fsp3) is 0.200. The molecule has 3 aromatic rings. The van der Waals surface area contributed by atoms with Crippen LogP contribution in [0.25, 0.3) is 11.3 Å². The van der Waals surface area contributed by atoms with Crippen LogP contribution in [0.2, 0.25) is 0 Å². The fourth-order valence-corrected chi connectivity index (χ4v) is 3.86. The smallest absolute Gasteiger partial charge is 0.255 e. The molecule has 0 atom stereocenters. The number of nitrogens with one attached hydrogen (secondary N) is 1. The SMILES string of the molecule is Cl.O=C(Nc1ccc(-c2csc(N3CCCC3)n2)cc1)c1ccccc1. The van der Waals surface area contributed by atoms with Crippen molar-refractivity contribution in [1.29, 1.82) is 0 Å². The Morgan fingerprint density at radius 1 is 1.00 bits per heavy atom. The van der Waals surface area contributed by atoms with Crippen molar-refractivity contribution in [3.05, 3.63) is 65.5 Å². The van der Waals surface area contributed by atoms with Crippen LogP contribution in [-0.2, 0) is 0 Å². The van der Waals surface area contributed by atoms with Crippen LogP contribution in [0.1, 0.15) is 23.2 Å². The number of hydrogen-bond donors (Lipinski definition) is 1. The van der Waals surface area contributed by atoms with Crippen molar-refractivity contribution in [1.82, 2.24) is 4.98 Å². The maximum atomic E-state index is 12.2. The lowest BCUT2D eigenvalue weighted by Gasteiger charge is -2.12. The van der Waals surface area contributed by atoms with E-state index in [9.17, 15) is 4.79 Å². The summed E-state index contributed by atoms with van der Waals surface area (Å²) in [6.07, 6.45) is 2.51. The Hall–Kier alpha value is -2.37. The summed E-state index contributed by atoms with van der Waals surface area (Å²) in [5, 5.41) is 6.13. The molecule has 0 bridgehead atoms. The first-order valence-electron chi connectivity index (χ1n) is 8.47. The van der Waals surface area contributed by atoms with Gasteiger partial charge in [-0.15, -0.1) is 23.7 Å². The number of carbonyl (C=O) groups excluding carboxylic acids is 1. The second-order valence-corrected chi connectivity index (χ2v) is 6.94. The van der Waals surface area contributed by atoms with Gasteiger partial charge in [-0.1, -0.05) is 30.3 Å². The van der Waals surface area contributed by atoms with E-state index in [-0.39, 0.29) is 18.3 Å². The van der Waals surface area contributed by atoms with Crippen LogP contribution in [-0.4, -0.2) is 24.0 Å². The van der Waals surface area contributed by atoms with Gasteiger partial charge in [-0.2, -0.15) is 0 Å². The highest BCUT2D eigenvalue weighted by molar-refractivity contribution is 7.14. The third-order valence-corrected chi connectivity index (χ3v) is 5.24. The standard InChI is InChI=1S/C20H19N3OS.ClH/c24-19(16-6-2-1-3-7-16)21-17-10-8-15(9-11-17)18-14-25-20(22-18)23-12-4-5-13-23;/h1-3,6-11,14H,4-5,12-13H2,(H,21,24);1H. The average Bonchev–Trinajstić information content (AvgIpc) is 3.35. The van der Waals surface area contributed by atoms with Crippen molar-refractivity contribution in [2.75, 3.05) is 23.3 Å². The second kappa shape index (κ2) is 8.34. The molecule has 0 spiro atoms. The summed E-state index contributed by atoms with van der Waals surface area (Å²) in [7, 11) is 0. The molecule has 0 radical (unpaired) electrons. The number of rotatable bonds is 4. The highest BCUT2D eigenvalue weighted by atomic mass is 35.5. The van der Waals surface area contributed by atoms with Crippen molar-refractivity contribution < 1.29 is 4.79 Å². The van der Waals surface area contributed by atoms with Gasteiger partial charge in [-0.3, -0.25) is 4.79 Å². The van der Waals surface area contributed by atoms with Crippen LogP contribution in [0.5, 0.6) is 0 Å². The monoisotopic (exact) mass is 385 g/mol. The first-order chi connectivity index (χ1) is 12.3. The lowest BCUT2D eigenvalue weighted by molar-refractivity contribution is 0.102. The zero-order chi connectivity index (χ0) is 17.1. The van der Waals surface area contributed by atoms with Gasteiger partial charge in [0.05, 0.1) is 5.69 Å². The number of thiazole rings is 1. The van der Waals surface area contributed by atoms with Crippen LogP contribution < -0.4 is 10.2 Å². The lowest BCUT2D eigenvalue weighted by atomic mass is 10.1. The van der Waals surface area contributed by atoms with E-state index in [2.05, 4.69) is 15.6 Å². The molecular weight excluding hydrogens is 366 g/mol. The molecule has 1 amide bonds. The summed E-state index contributed by atoms with van der Waals surface area (Å²) in [5.41, 5.74) is 3.50. The van der Waals surface area contributed by atoms with E-state index in [1.165, 1.54) is 12.8 Å². The van der Waals surface area contributed by atoms with Gasteiger partial charge >= 0.3 is 0 Å². The van der Waals surface area contributed by atoms with E-state index in [0.29, 0.717) is 5.56 Å². The highest BCUT2D eigenvalue weighted by Crippen LogP contribution is 2.30. The molecule has 1 aliphatic heterocycles. The van der Waals surface area contributed by atoms with Crippen LogP contribution in [0.3, 0.4) is 0 Å². The van der Waals surface area contributed by atoms with E-state index in [1.807, 2.05) is 42.5 Å². The van der Waals surface area contributed by atoms with Gasteiger partial charge < -0.3 is 10.2 Å². The number of carbonyl (C=O) groups is 1. The van der Waals surface area contributed by atoms with Crippen molar-refractivity contribution in [2.24, 2.45) is 0 Å². The highest BCUT2D eigenvalue weighted by Gasteiger charge is 2.16. The summed E-state index contributed by atoms with van der Waals surface area (Å²) >= 11 is 1.70. The molecule has 1 aromatic heterocycles. The van der Waals surface area contributed by atoms with E-state index in [1.54, 1.807) is 23.5 Å². The molecule has 1 saturated heterocycles. The van der Waals surface area contributed by atoms with E-state index in [0.717, 1.165) is 35.2 Å². The number of anilines is 2. The molecule has 26 heavy (non-hydrogen) atoms. The molecule has 1 fully saturated rings. The summed E-state index contributed by atoms with van der Waals surface area (Å²) in [6.45, 7) is 2.22. The first-order valence-corrected chi connectivity index (χ1v) is 9.35. The Kier molecular flexibility index (Phi) is 5.91. The number of nitrogens with zero attached hydrogens (tertiary/aromatic N) is 2. The topological polar surface area (TPSA) is 45.2 Å². The molecule has 0 unspecified atom stereocenters. The summed E-state index contributed by atoms with van der Waals surface area (Å²) in [4.78, 5) is 19.3. The number of amides is 1. The number of benzene rings is 2. The van der Waals surface area contributed by atoms with Crippen molar-refractivity contribution in [3.63, 3.8) is 0 Å². The number of halogens is 1. The molecule has 2 heterocycles. The Balaban J connectivity index is 0.00000196. The largest absolute Gasteiger partial charge is 0.348 e. The molecule has 4 nitrogen and oxygen atoms in total. The second-order valence-electron chi connectivity index (χ2n) is 6.11. The Labute approximate surface area is 163 Å². The molecule has 6 heteroatoms. The number of aromatic nitrogens is 1. The van der Waals surface area contributed by atoms with Gasteiger partial charge in [0.25, 0.3) is 5.91 Å². The van der Waals surface area contributed by atoms with Crippen molar-refractivity contribution >= 4 is 40.5 Å². The minimum atomic E-state index is -0.0988. The minimum absolute atomic E-state index is 0. The third-order valence-electron chi connectivity index (χ3n) is 4.34. The quantitative estimate of drug-likeness (QED) is 0.680. The Morgan fingerprint density at radius 2 is 1.69 bits per heavy atom. The molecule has 134 valence electrons. The lowest BCUT2D eigenvalue weighted by Crippen LogP contribution is -2.17. The van der Waals surface area contributed by atoms with E-state index < -0.39 is 0 Å². The normalized spacial score (nSPS) is 13.3. The van der Waals surface area contributed by atoms with Gasteiger partial charge in [-0.25, -0.2) is 4.98 Å². The summed E-state index contributed by atoms with van der Waals surface area (Å²) in [5.74, 6) is -0.0988. The first kappa shape index (κ1) is 18.4. The minimum Gasteiger partial charge on any atom is -0.348 e. The predicted octanol–water partition coefficient (Wildman–Crippen LogP) is 5.08. The van der Waals surface area contributed by atoms with Gasteiger partial charge in [0.2, 0.25) is 0 Å². The molecule has 1 aliphatic rings. The molecular formula is C20H20ClN3OS. The molecule has 1 N–H and O–H groups in total. The van der Waals surface area contributed by atoms with E-state index in [4.69, 9.17) is 4.98 Å². The van der Waals surface area contributed by atoms with E-state index >= 15 is 0 Å². The van der Waals surface area contributed by atoms with Crippen LogP contribution in [0, 0.1) is 0 Å². The zero-order valence-electron chi connectivity index (χ0n) is 14.2. The third kappa shape index (κ3) is 4.06. The number of hydrogen-bond acceptors (Lipinski definition) is 4. The maximum absolute atomic E-state index is 12.2. The summed E-state index contributed by atoms with van der Waals surface area (Å²) < 4.78 is 0. The molecule has 4 rings (SSSR count). The van der Waals surface area contributed by atoms with Crippen LogP contribution >= 0.6 is 23.7 Å². The van der Waals surface area contributed by atoms with Crippen LogP contribution in [0.4, 0.5) is 10.8 Å². The van der Waals surface area contributed by atoms with Crippen molar-refractivity contribution in [2.45, 2.75) is 12.8 Å². The Bertz CT molecular complexity index is 858. The molecule has 2 aromatic carbocycles. The fourth-order valence-electron chi connectivity index (χ4n) is 2.97. The van der Waals surface area contributed by atoms with Gasteiger partial charge in [0.15, 0.2) is 5.13 Å². The Morgan fingerprint density at radius 3 is 2.38 bits per heavy atom. The van der Waals surface area contributed by atoms with Gasteiger partial charge in [0.1, 0.15) is 0 Å². The van der Waals surface area contributed by atoms with Crippen LogP contribution in [0.15, 0.2) is 60.0 Å². The van der Waals surface area contributed by atoms with Crippen molar-refractivity contribution in [3.8, 4) is 11.3 Å². The molecule has 0 aliphatic carbocycles. The average molecular weight is 386 g/mol. The van der Waals surface area contributed by atoms with Gasteiger partial charge in [0, 0.05) is 35.3 Å².